The fraction of sp³-hybridized carbons (Fsp3) is 0.929. The lowest BCUT2D eigenvalue weighted by Crippen LogP contribution is -2.49. The van der Waals surface area contributed by atoms with E-state index in [9.17, 15) is 9.90 Å². The lowest BCUT2D eigenvalue weighted by Gasteiger charge is -2.42. The van der Waals surface area contributed by atoms with Gasteiger partial charge in [0.05, 0.1) is 6.10 Å². The highest BCUT2D eigenvalue weighted by Gasteiger charge is 2.31. The van der Waals surface area contributed by atoms with E-state index in [1.54, 1.807) is 0 Å². The molecule has 4 nitrogen and oxygen atoms in total. The summed E-state index contributed by atoms with van der Waals surface area (Å²) in [7, 11) is 0. The maximum absolute atomic E-state index is 10.8. The number of aliphatic hydroxyl groups is 1. The van der Waals surface area contributed by atoms with Crippen molar-refractivity contribution in [1.29, 1.82) is 0 Å². The van der Waals surface area contributed by atoms with Crippen LogP contribution in [0.4, 0.5) is 0 Å². The lowest BCUT2D eigenvalue weighted by molar-refractivity contribution is -0.118. The van der Waals surface area contributed by atoms with Gasteiger partial charge in [0.15, 0.2) is 0 Å². The number of carbonyl (C=O) groups is 1. The molecule has 1 saturated carbocycles. The van der Waals surface area contributed by atoms with E-state index >= 15 is 0 Å². The van der Waals surface area contributed by atoms with E-state index < -0.39 is 0 Å². The van der Waals surface area contributed by atoms with E-state index in [1.807, 2.05) is 0 Å². The summed E-state index contributed by atoms with van der Waals surface area (Å²) in [5, 5.41) is 10.1. The van der Waals surface area contributed by atoms with Gasteiger partial charge in [0.2, 0.25) is 5.91 Å². The number of primary amides is 1. The molecule has 18 heavy (non-hydrogen) atoms. The summed E-state index contributed by atoms with van der Waals surface area (Å²) >= 11 is 0. The van der Waals surface area contributed by atoms with Crippen LogP contribution in [-0.2, 0) is 4.79 Å². The Balaban J connectivity index is 1.83. The number of likely N-dealkylation sites (tertiary alicyclic amines) is 1. The van der Waals surface area contributed by atoms with Gasteiger partial charge < -0.3 is 10.8 Å². The summed E-state index contributed by atoms with van der Waals surface area (Å²) in [6, 6.07) is 0.357. The molecule has 0 aromatic carbocycles. The Hall–Kier alpha value is -0.610. The molecule has 0 radical (unpaired) electrons. The molecule has 1 aliphatic carbocycles. The molecule has 3 N–H and O–H groups in total. The van der Waals surface area contributed by atoms with Crippen LogP contribution in [0.5, 0.6) is 0 Å². The van der Waals surface area contributed by atoms with Gasteiger partial charge in [-0.3, -0.25) is 9.69 Å². The maximum atomic E-state index is 10.8. The summed E-state index contributed by atoms with van der Waals surface area (Å²) in [4.78, 5) is 13.3. The van der Waals surface area contributed by atoms with Gasteiger partial charge in [0, 0.05) is 19.0 Å². The van der Waals surface area contributed by atoms with Gasteiger partial charge in [-0.2, -0.15) is 0 Å². The molecule has 3 atom stereocenters. The van der Waals surface area contributed by atoms with Crippen molar-refractivity contribution >= 4 is 5.91 Å². The first-order valence-corrected chi connectivity index (χ1v) is 7.37. The molecule has 104 valence electrons. The predicted molar refractivity (Wildman–Crippen MR) is 71.0 cm³/mol. The van der Waals surface area contributed by atoms with Crippen molar-refractivity contribution in [3.63, 3.8) is 0 Å². The Morgan fingerprint density at radius 3 is 2.72 bits per heavy atom. The van der Waals surface area contributed by atoms with Crippen molar-refractivity contribution in [3.8, 4) is 0 Å². The Morgan fingerprint density at radius 1 is 1.22 bits per heavy atom. The number of amides is 1. The zero-order valence-electron chi connectivity index (χ0n) is 11.2. The third-order valence-electron chi connectivity index (χ3n) is 4.51. The van der Waals surface area contributed by atoms with Crippen LogP contribution < -0.4 is 5.73 Å². The van der Waals surface area contributed by atoms with Crippen LogP contribution in [0.2, 0.25) is 0 Å². The van der Waals surface area contributed by atoms with Crippen LogP contribution in [0.25, 0.3) is 0 Å². The minimum absolute atomic E-state index is 0.145. The highest BCUT2D eigenvalue weighted by molar-refractivity contribution is 5.73. The van der Waals surface area contributed by atoms with E-state index in [0.717, 1.165) is 38.8 Å². The van der Waals surface area contributed by atoms with Crippen LogP contribution in [-0.4, -0.2) is 41.1 Å². The van der Waals surface area contributed by atoms with Crippen LogP contribution in [0.15, 0.2) is 0 Å². The second-order valence-electron chi connectivity index (χ2n) is 5.93. The van der Waals surface area contributed by atoms with Gasteiger partial charge in [-0.05, 0) is 44.6 Å². The molecule has 0 bridgehead atoms. The van der Waals surface area contributed by atoms with Crippen LogP contribution in [0.3, 0.4) is 0 Å². The average Bonchev–Trinajstić information content (AvgIpc) is 2.37. The second kappa shape index (κ2) is 6.53. The zero-order valence-corrected chi connectivity index (χ0v) is 11.2. The van der Waals surface area contributed by atoms with E-state index in [2.05, 4.69) is 4.90 Å². The van der Waals surface area contributed by atoms with Gasteiger partial charge in [-0.15, -0.1) is 0 Å². The minimum Gasteiger partial charge on any atom is -0.391 e. The third-order valence-corrected chi connectivity index (χ3v) is 4.51. The highest BCUT2D eigenvalue weighted by atomic mass is 16.3. The third kappa shape index (κ3) is 3.69. The van der Waals surface area contributed by atoms with Crippen molar-refractivity contribution in [2.24, 2.45) is 11.7 Å². The van der Waals surface area contributed by atoms with Crippen molar-refractivity contribution in [3.05, 3.63) is 0 Å². The minimum atomic E-state index is -0.190. The summed E-state index contributed by atoms with van der Waals surface area (Å²) in [6.07, 6.45) is 8.14. The average molecular weight is 254 g/mol. The molecule has 2 fully saturated rings. The smallest absolute Gasteiger partial charge is 0.217 e. The molecule has 0 spiro atoms. The SMILES string of the molecule is NC(=O)CCC1CCCN(C2CCCCC2O)C1. The summed E-state index contributed by atoms with van der Waals surface area (Å²) in [5.41, 5.74) is 5.22. The second-order valence-corrected chi connectivity index (χ2v) is 5.93. The normalized spacial score (nSPS) is 34.4. The molecule has 1 aliphatic heterocycles. The standard InChI is InChI=1S/C14H26N2O2/c15-14(18)8-7-11-4-3-9-16(10-11)12-5-1-2-6-13(12)17/h11-13,17H,1-10H2,(H2,15,18). The molecule has 0 aromatic rings. The van der Waals surface area contributed by atoms with Crippen LogP contribution in [0, 0.1) is 5.92 Å². The first kappa shape index (κ1) is 13.8. The topological polar surface area (TPSA) is 66.6 Å². The number of nitrogens with two attached hydrogens (primary N) is 1. The monoisotopic (exact) mass is 254 g/mol. The Bertz CT molecular complexity index is 283. The molecule has 2 rings (SSSR count). The first-order valence-electron chi connectivity index (χ1n) is 7.37. The first-order chi connectivity index (χ1) is 8.66. The molecular formula is C14H26N2O2. The molecule has 1 saturated heterocycles. The Kier molecular flexibility index (Phi) is 5.01. The van der Waals surface area contributed by atoms with Gasteiger partial charge >= 0.3 is 0 Å². The van der Waals surface area contributed by atoms with Gasteiger partial charge in [-0.25, -0.2) is 0 Å². The Labute approximate surface area is 110 Å². The van der Waals surface area contributed by atoms with E-state index in [0.29, 0.717) is 18.4 Å². The summed E-state index contributed by atoms with van der Waals surface area (Å²) in [6.45, 7) is 2.14. The van der Waals surface area contributed by atoms with E-state index in [4.69, 9.17) is 5.73 Å². The quantitative estimate of drug-likeness (QED) is 0.794. The fourth-order valence-electron chi connectivity index (χ4n) is 3.50. The van der Waals surface area contributed by atoms with Crippen molar-refractivity contribution in [2.75, 3.05) is 13.1 Å². The highest BCUT2D eigenvalue weighted by Crippen LogP contribution is 2.28. The molecule has 3 unspecified atom stereocenters. The number of hydrogen-bond acceptors (Lipinski definition) is 3. The number of carbonyl (C=O) groups excluding carboxylic acids is 1. The van der Waals surface area contributed by atoms with Crippen molar-refractivity contribution in [1.82, 2.24) is 4.90 Å². The number of piperidine rings is 1. The summed E-state index contributed by atoms with van der Waals surface area (Å²) < 4.78 is 0. The number of nitrogens with zero attached hydrogens (tertiary/aromatic N) is 1. The largest absolute Gasteiger partial charge is 0.391 e. The zero-order chi connectivity index (χ0) is 13.0. The number of rotatable bonds is 4. The molecule has 1 amide bonds. The predicted octanol–water partition coefficient (Wildman–Crippen LogP) is 1.27. The van der Waals surface area contributed by atoms with Gasteiger partial charge in [0.25, 0.3) is 0 Å². The molecule has 0 aromatic heterocycles. The fourth-order valence-corrected chi connectivity index (χ4v) is 3.50. The summed E-state index contributed by atoms with van der Waals surface area (Å²) in [5.74, 6) is 0.394. The van der Waals surface area contributed by atoms with Crippen molar-refractivity contribution in [2.45, 2.75) is 63.5 Å². The Morgan fingerprint density at radius 2 is 2.00 bits per heavy atom. The van der Waals surface area contributed by atoms with E-state index in [1.165, 1.54) is 19.3 Å². The number of hydrogen-bond donors (Lipinski definition) is 2. The van der Waals surface area contributed by atoms with Crippen LogP contribution in [0.1, 0.15) is 51.4 Å². The van der Waals surface area contributed by atoms with E-state index in [-0.39, 0.29) is 12.0 Å². The molecular weight excluding hydrogens is 228 g/mol. The molecule has 4 heteroatoms. The van der Waals surface area contributed by atoms with Gasteiger partial charge in [-0.1, -0.05) is 12.8 Å². The maximum Gasteiger partial charge on any atom is 0.217 e. The van der Waals surface area contributed by atoms with Crippen LogP contribution >= 0.6 is 0 Å². The molecule has 1 heterocycles. The van der Waals surface area contributed by atoms with Crippen molar-refractivity contribution < 1.29 is 9.90 Å². The lowest BCUT2D eigenvalue weighted by atomic mass is 9.87. The van der Waals surface area contributed by atoms with Gasteiger partial charge in [0.1, 0.15) is 0 Å². The number of aliphatic hydroxyl groups excluding tert-OH is 1. The molecule has 2 aliphatic rings.